The first kappa shape index (κ1) is 16.2. The SMILES string of the molecule is CC(=O)N(Cc1ccc2cncc(Br)c2c1)c1ccncc1N=O. The molecule has 6 nitrogen and oxygen atoms in total. The largest absolute Gasteiger partial charge is 0.306 e. The minimum absolute atomic E-state index is 0.138. The van der Waals surface area contributed by atoms with Crippen molar-refractivity contribution in [3.8, 4) is 0 Å². The van der Waals surface area contributed by atoms with Gasteiger partial charge in [-0.15, -0.1) is 4.91 Å². The van der Waals surface area contributed by atoms with Crippen LogP contribution in [0.1, 0.15) is 12.5 Å². The van der Waals surface area contributed by atoms with Crippen molar-refractivity contribution in [1.29, 1.82) is 0 Å². The molecule has 1 aromatic carbocycles. The molecule has 0 aliphatic rings. The first-order valence-electron chi connectivity index (χ1n) is 7.18. The van der Waals surface area contributed by atoms with E-state index >= 15 is 0 Å². The van der Waals surface area contributed by atoms with E-state index in [2.05, 4.69) is 31.1 Å². The highest BCUT2D eigenvalue weighted by Crippen LogP contribution is 2.30. The Hall–Kier alpha value is -2.67. The van der Waals surface area contributed by atoms with Crippen molar-refractivity contribution in [2.45, 2.75) is 13.5 Å². The summed E-state index contributed by atoms with van der Waals surface area (Å²) in [6, 6.07) is 7.49. The van der Waals surface area contributed by atoms with Gasteiger partial charge in [-0.3, -0.25) is 14.8 Å². The van der Waals surface area contributed by atoms with E-state index in [0.717, 1.165) is 20.8 Å². The number of hydrogen-bond acceptors (Lipinski definition) is 5. The second-order valence-electron chi connectivity index (χ2n) is 5.24. The maximum atomic E-state index is 12.1. The summed E-state index contributed by atoms with van der Waals surface area (Å²) in [5.74, 6) is -0.181. The Morgan fingerprint density at radius 1 is 1.21 bits per heavy atom. The third kappa shape index (κ3) is 3.16. The molecule has 2 aromatic heterocycles. The van der Waals surface area contributed by atoms with Crippen LogP contribution in [0.15, 0.2) is 58.7 Å². The van der Waals surface area contributed by atoms with Gasteiger partial charge in [0.25, 0.3) is 0 Å². The number of carbonyl (C=O) groups excluding carboxylic acids is 1. The number of nitrogens with zero attached hydrogens (tertiary/aromatic N) is 4. The molecule has 0 saturated heterocycles. The minimum Gasteiger partial charge on any atom is -0.306 e. The standard InChI is InChI=1S/C17H13BrN4O2/c1-11(23)22(17-4-5-19-9-16(17)21-24)10-12-2-3-13-7-20-8-15(18)14(13)6-12/h2-9H,10H2,1H3. The molecule has 0 radical (unpaired) electrons. The molecular weight excluding hydrogens is 372 g/mol. The number of anilines is 1. The van der Waals surface area contributed by atoms with Crippen LogP contribution in [-0.2, 0) is 11.3 Å². The first-order chi connectivity index (χ1) is 11.6. The van der Waals surface area contributed by atoms with Gasteiger partial charge in [-0.1, -0.05) is 12.1 Å². The molecule has 1 amide bonds. The number of carbonyl (C=O) groups is 1. The van der Waals surface area contributed by atoms with Crippen molar-refractivity contribution in [1.82, 2.24) is 9.97 Å². The molecule has 0 atom stereocenters. The summed E-state index contributed by atoms with van der Waals surface area (Å²) in [6.07, 6.45) is 6.39. The molecule has 2 heterocycles. The summed E-state index contributed by atoms with van der Waals surface area (Å²) >= 11 is 3.49. The van der Waals surface area contributed by atoms with Crippen molar-refractivity contribution in [3.05, 3.63) is 64.0 Å². The molecule has 0 aliphatic heterocycles. The van der Waals surface area contributed by atoms with Crippen LogP contribution in [0, 0.1) is 4.91 Å². The van der Waals surface area contributed by atoms with Crippen LogP contribution in [0.25, 0.3) is 10.8 Å². The van der Waals surface area contributed by atoms with Gasteiger partial charge in [0.1, 0.15) is 5.69 Å². The minimum atomic E-state index is -0.181. The smallest absolute Gasteiger partial charge is 0.224 e. The molecule has 0 N–H and O–H groups in total. The molecule has 0 saturated carbocycles. The predicted molar refractivity (Wildman–Crippen MR) is 96.0 cm³/mol. The molecule has 24 heavy (non-hydrogen) atoms. The quantitative estimate of drug-likeness (QED) is 0.626. The highest BCUT2D eigenvalue weighted by atomic mass is 79.9. The van der Waals surface area contributed by atoms with Gasteiger partial charge >= 0.3 is 0 Å². The van der Waals surface area contributed by atoms with E-state index in [9.17, 15) is 9.70 Å². The molecule has 7 heteroatoms. The topological polar surface area (TPSA) is 75.5 Å². The van der Waals surface area contributed by atoms with Gasteiger partial charge in [0.2, 0.25) is 5.91 Å². The zero-order valence-electron chi connectivity index (χ0n) is 12.8. The van der Waals surface area contributed by atoms with Crippen molar-refractivity contribution >= 4 is 44.0 Å². The van der Waals surface area contributed by atoms with Crippen molar-refractivity contribution < 1.29 is 4.79 Å². The normalized spacial score (nSPS) is 10.6. The number of aromatic nitrogens is 2. The van der Waals surface area contributed by atoms with Gasteiger partial charge in [0, 0.05) is 35.4 Å². The summed E-state index contributed by atoms with van der Waals surface area (Å²) in [7, 11) is 0. The predicted octanol–water partition coefficient (Wildman–Crippen LogP) is 4.34. The molecule has 0 spiro atoms. The molecule has 0 fully saturated rings. The number of rotatable bonds is 4. The Morgan fingerprint density at radius 3 is 2.79 bits per heavy atom. The summed E-state index contributed by atoms with van der Waals surface area (Å²) in [6.45, 7) is 1.78. The fraction of sp³-hybridized carbons (Fsp3) is 0.118. The average Bonchev–Trinajstić information content (AvgIpc) is 2.60. The summed E-state index contributed by atoms with van der Waals surface area (Å²) in [5, 5.41) is 4.97. The van der Waals surface area contributed by atoms with Gasteiger partial charge in [0.15, 0.2) is 0 Å². The summed E-state index contributed by atoms with van der Waals surface area (Å²) < 4.78 is 0.885. The van der Waals surface area contributed by atoms with Gasteiger partial charge in [-0.05, 0) is 44.2 Å². The van der Waals surface area contributed by atoms with E-state index in [1.54, 1.807) is 18.5 Å². The Balaban J connectivity index is 2.01. The Bertz CT molecular complexity index is 929. The molecule has 0 unspecified atom stereocenters. The van der Waals surface area contributed by atoms with Gasteiger partial charge in [-0.25, -0.2) is 0 Å². The maximum Gasteiger partial charge on any atom is 0.224 e. The fourth-order valence-electron chi connectivity index (χ4n) is 2.50. The second-order valence-corrected chi connectivity index (χ2v) is 6.09. The lowest BCUT2D eigenvalue weighted by Crippen LogP contribution is -2.27. The molecule has 3 aromatic rings. The van der Waals surface area contributed by atoms with Crippen LogP contribution in [0.2, 0.25) is 0 Å². The van der Waals surface area contributed by atoms with Crippen LogP contribution in [-0.4, -0.2) is 15.9 Å². The zero-order valence-corrected chi connectivity index (χ0v) is 14.4. The highest BCUT2D eigenvalue weighted by Gasteiger charge is 2.17. The first-order valence-corrected chi connectivity index (χ1v) is 7.97. The Kier molecular flexibility index (Phi) is 4.61. The summed E-state index contributed by atoms with van der Waals surface area (Å²) in [4.78, 5) is 32.6. The van der Waals surface area contributed by atoms with Gasteiger partial charge in [-0.2, -0.15) is 0 Å². The lowest BCUT2D eigenvalue weighted by Gasteiger charge is -2.22. The fourth-order valence-corrected chi connectivity index (χ4v) is 2.96. The monoisotopic (exact) mass is 384 g/mol. The molecule has 3 rings (SSSR count). The van der Waals surface area contributed by atoms with Crippen molar-refractivity contribution in [3.63, 3.8) is 0 Å². The molecule has 0 aliphatic carbocycles. The van der Waals surface area contributed by atoms with Crippen LogP contribution in [0.5, 0.6) is 0 Å². The summed E-state index contributed by atoms with van der Waals surface area (Å²) in [5.41, 5.74) is 1.51. The number of halogens is 1. The van der Waals surface area contributed by atoms with E-state index in [4.69, 9.17) is 0 Å². The number of amides is 1. The third-order valence-corrected chi connectivity index (χ3v) is 4.30. The van der Waals surface area contributed by atoms with Gasteiger partial charge < -0.3 is 4.90 Å². The van der Waals surface area contributed by atoms with Crippen molar-refractivity contribution in [2.24, 2.45) is 5.18 Å². The lowest BCUT2D eigenvalue weighted by molar-refractivity contribution is -0.116. The van der Waals surface area contributed by atoms with E-state index in [1.165, 1.54) is 24.2 Å². The molecular formula is C17H13BrN4O2. The zero-order chi connectivity index (χ0) is 17.1. The number of nitroso groups, excluding NO2 is 1. The Labute approximate surface area is 146 Å². The van der Waals surface area contributed by atoms with Crippen molar-refractivity contribution in [2.75, 3.05) is 4.90 Å². The highest BCUT2D eigenvalue weighted by molar-refractivity contribution is 9.10. The van der Waals surface area contributed by atoms with E-state index in [-0.39, 0.29) is 11.6 Å². The third-order valence-electron chi connectivity index (χ3n) is 3.66. The van der Waals surface area contributed by atoms with Crippen LogP contribution in [0.3, 0.4) is 0 Å². The molecule has 120 valence electrons. The maximum absolute atomic E-state index is 12.1. The number of hydrogen-bond donors (Lipinski definition) is 0. The molecule has 0 bridgehead atoms. The van der Waals surface area contributed by atoms with E-state index in [1.807, 2.05) is 18.2 Å². The van der Waals surface area contributed by atoms with Crippen LogP contribution in [0.4, 0.5) is 11.4 Å². The van der Waals surface area contributed by atoms with E-state index < -0.39 is 0 Å². The lowest BCUT2D eigenvalue weighted by atomic mass is 10.1. The average molecular weight is 385 g/mol. The second kappa shape index (κ2) is 6.84. The van der Waals surface area contributed by atoms with E-state index in [0.29, 0.717) is 12.2 Å². The number of benzene rings is 1. The van der Waals surface area contributed by atoms with Gasteiger partial charge in [0.05, 0.1) is 18.4 Å². The van der Waals surface area contributed by atoms with Crippen LogP contribution >= 0.6 is 15.9 Å². The van der Waals surface area contributed by atoms with Crippen LogP contribution < -0.4 is 4.90 Å². The number of fused-ring (bicyclic) bond motifs is 1. The Morgan fingerprint density at radius 2 is 2.04 bits per heavy atom. The number of pyridine rings is 2.